The topological polar surface area (TPSA) is 104 Å². The molecule has 29 heavy (non-hydrogen) atoms. The van der Waals surface area contributed by atoms with Crippen molar-refractivity contribution in [1.82, 2.24) is 9.47 Å². The summed E-state index contributed by atoms with van der Waals surface area (Å²) < 4.78 is 1.42. The zero-order valence-corrected chi connectivity index (χ0v) is 16.3. The van der Waals surface area contributed by atoms with Crippen LogP contribution in [0.4, 0.5) is 11.4 Å². The lowest BCUT2D eigenvalue weighted by atomic mass is 10.1. The number of nitriles is 1. The van der Waals surface area contributed by atoms with Gasteiger partial charge >= 0.3 is 0 Å². The van der Waals surface area contributed by atoms with E-state index in [-0.39, 0.29) is 11.3 Å². The van der Waals surface area contributed by atoms with Crippen molar-refractivity contribution in [1.29, 1.82) is 5.26 Å². The Morgan fingerprint density at radius 3 is 2.48 bits per heavy atom. The van der Waals surface area contributed by atoms with Crippen LogP contribution in [-0.4, -0.2) is 41.6 Å². The van der Waals surface area contributed by atoms with Gasteiger partial charge in [0.15, 0.2) is 0 Å². The van der Waals surface area contributed by atoms with Crippen LogP contribution in [0.1, 0.15) is 12.0 Å². The van der Waals surface area contributed by atoms with Crippen LogP contribution in [0.2, 0.25) is 0 Å². The summed E-state index contributed by atoms with van der Waals surface area (Å²) in [5.74, 6) is 0. The third-order valence-corrected chi connectivity index (χ3v) is 4.60. The first-order chi connectivity index (χ1) is 13.9. The first-order valence-electron chi connectivity index (χ1n) is 9.15. The summed E-state index contributed by atoms with van der Waals surface area (Å²) in [5, 5.41) is 24.6. The van der Waals surface area contributed by atoms with Crippen LogP contribution in [0.5, 0.6) is 0 Å². The zero-order valence-electron chi connectivity index (χ0n) is 16.3. The van der Waals surface area contributed by atoms with Gasteiger partial charge in [0.2, 0.25) is 0 Å². The molecule has 1 aromatic heterocycles. The van der Waals surface area contributed by atoms with E-state index in [1.807, 2.05) is 38.4 Å². The number of para-hydroxylation sites is 1. The van der Waals surface area contributed by atoms with Crippen LogP contribution in [-0.2, 0) is 0 Å². The maximum atomic E-state index is 13.2. The highest BCUT2D eigenvalue weighted by Gasteiger charge is 2.18. The van der Waals surface area contributed by atoms with Crippen LogP contribution in [0.15, 0.2) is 53.3 Å². The number of benzene rings is 2. The van der Waals surface area contributed by atoms with Crippen LogP contribution >= 0.6 is 0 Å². The van der Waals surface area contributed by atoms with Gasteiger partial charge < -0.3 is 10.2 Å². The molecule has 1 heterocycles. The van der Waals surface area contributed by atoms with Gasteiger partial charge in [-0.15, -0.1) is 0 Å². The van der Waals surface area contributed by atoms with Gasteiger partial charge in [-0.05, 0) is 45.3 Å². The first-order valence-corrected chi connectivity index (χ1v) is 9.15. The van der Waals surface area contributed by atoms with E-state index in [1.54, 1.807) is 6.07 Å². The van der Waals surface area contributed by atoms with Gasteiger partial charge in [-0.1, -0.05) is 18.2 Å². The fraction of sp³-hybridized carbons (Fsp3) is 0.238. The van der Waals surface area contributed by atoms with E-state index >= 15 is 0 Å². The number of hydrogen-bond acceptors (Lipinski definition) is 6. The SMILES string of the molecule is CN(C)CCCNc1c(C#N)c(=O)n(-c2ccc([N+](=O)[O-])cc2)c2ccccc12. The van der Waals surface area contributed by atoms with Crippen LogP contribution in [0.25, 0.3) is 16.6 Å². The molecule has 0 aliphatic carbocycles. The third kappa shape index (κ3) is 4.10. The number of fused-ring (bicyclic) bond motifs is 1. The summed E-state index contributed by atoms with van der Waals surface area (Å²) in [5.41, 5.74) is 1.10. The highest BCUT2D eigenvalue weighted by Crippen LogP contribution is 2.27. The average molecular weight is 391 g/mol. The number of non-ortho nitro benzene ring substituents is 1. The molecule has 148 valence electrons. The zero-order chi connectivity index (χ0) is 21.0. The third-order valence-electron chi connectivity index (χ3n) is 4.60. The highest BCUT2D eigenvalue weighted by molar-refractivity contribution is 5.95. The summed E-state index contributed by atoms with van der Waals surface area (Å²) in [4.78, 5) is 25.6. The molecule has 0 saturated heterocycles. The Morgan fingerprint density at radius 2 is 1.86 bits per heavy atom. The average Bonchev–Trinajstić information content (AvgIpc) is 2.71. The fourth-order valence-corrected chi connectivity index (χ4v) is 3.22. The van der Waals surface area contributed by atoms with E-state index in [1.165, 1.54) is 28.8 Å². The Balaban J connectivity index is 2.14. The maximum absolute atomic E-state index is 13.2. The minimum atomic E-state index is -0.494. The van der Waals surface area contributed by atoms with E-state index in [0.717, 1.165) is 18.4 Å². The van der Waals surface area contributed by atoms with Crippen molar-refractivity contribution in [3.63, 3.8) is 0 Å². The number of anilines is 1. The molecule has 0 bridgehead atoms. The Hall–Kier alpha value is -3.70. The first kappa shape index (κ1) is 20.0. The number of rotatable bonds is 7. The van der Waals surface area contributed by atoms with Gasteiger partial charge in [0.1, 0.15) is 11.6 Å². The molecule has 0 atom stereocenters. The normalized spacial score (nSPS) is 10.8. The van der Waals surface area contributed by atoms with E-state index in [9.17, 15) is 20.2 Å². The molecule has 1 N–H and O–H groups in total. The Kier molecular flexibility index (Phi) is 5.90. The quantitative estimate of drug-likeness (QED) is 0.377. The Labute approximate surface area is 167 Å². The van der Waals surface area contributed by atoms with E-state index < -0.39 is 10.5 Å². The van der Waals surface area contributed by atoms with Crippen molar-refractivity contribution < 1.29 is 4.92 Å². The number of nitro benzene ring substituents is 1. The molecule has 0 aliphatic rings. The highest BCUT2D eigenvalue weighted by atomic mass is 16.6. The Morgan fingerprint density at radius 1 is 1.17 bits per heavy atom. The lowest BCUT2D eigenvalue weighted by molar-refractivity contribution is -0.384. The van der Waals surface area contributed by atoms with Crippen molar-refractivity contribution in [2.75, 3.05) is 32.5 Å². The standard InChI is InChI=1S/C21H21N5O3/c1-24(2)13-5-12-23-20-17-6-3-4-7-19(17)25(21(27)18(20)14-22)15-8-10-16(11-9-15)26(28)29/h3-4,6-11,23H,5,12-13H2,1-2H3. The van der Waals surface area contributed by atoms with Crippen LogP contribution in [0, 0.1) is 21.4 Å². The summed E-state index contributed by atoms with van der Waals surface area (Å²) in [6.45, 7) is 1.50. The molecule has 8 heteroatoms. The minimum Gasteiger partial charge on any atom is -0.383 e. The number of hydrogen-bond donors (Lipinski definition) is 1. The lowest BCUT2D eigenvalue weighted by Gasteiger charge is -2.17. The van der Waals surface area contributed by atoms with E-state index in [2.05, 4.69) is 10.2 Å². The number of nitro groups is 1. The fourth-order valence-electron chi connectivity index (χ4n) is 3.22. The molecule has 0 unspecified atom stereocenters. The van der Waals surface area contributed by atoms with Gasteiger partial charge in [-0.3, -0.25) is 19.5 Å². The van der Waals surface area contributed by atoms with Crippen molar-refractivity contribution in [3.8, 4) is 11.8 Å². The summed E-state index contributed by atoms with van der Waals surface area (Å²) in [6, 6.07) is 15.0. The summed E-state index contributed by atoms with van der Waals surface area (Å²) in [6.07, 6.45) is 0.859. The molecular formula is C21H21N5O3. The largest absolute Gasteiger partial charge is 0.383 e. The smallest absolute Gasteiger partial charge is 0.275 e. The number of nitrogens with zero attached hydrogens (tertiary/aromatic N) is 4. The maximum Gasteiger partial charge on any atom is 0.275 e. The second-order valence-corrected chi connectivity index (χ2v) is 6.88. The summed E-state index contributed by atoms with van der Waals surface area (Å²) >= 11 is 0. The number of pyridine rings is 1. The van der Waals surface area contributed by atoms with Gasteiger partial charge in [-0.25, -0.2) is 0 Å². The molecule has 3 aromatic rings. The van der Waals surface area contributed by atoms with Crippen LogP contribution < -0.4 is 10.9 Å². The minimum absolute atomic E-state index is 0.0203. The number of aromatic nitrogens is 1. The predicted octanol–water partition coefficient (Wildman–Crippen LogP) is 3.13. The second-order valence-electron chi connectivity index (χ2n) is 6.88. The number of nitrogens with one attached hydrogen (secondary N) is 1. The Bertz CT molecular complexity index is 1140. The van der Waals surface area contributed by atoms with Crippen molar-refractivity contribution in [2.24, 2.45) is 0 Å². The van der Waals surface area contributed by atoms with Crippen molar-refractivity contribution in [3.05, 3.63) is 74.6 Å². The van der Waals surface area contributed by atoms with Gasteiger partial charge in [0.25, 0.3) is 11.2 Å². The van der Waals surface area contributed by atoms with Crippen LogP contribution in [0.3, 0.4) is 0 Å². The molecule has 0 fully saturated rings. The lowest BCUT2D eigenvalue weighted by Crippen LogP contribution is -2.24. The van der Waals surface area contributed by atoms with E-state index in [0.29, 0.717) is 23.4 Å². The molecule has 0 aliphatic heterocycles. The van der Waals surface area contributed by atoms with Gasteiger partial charge in [0.05, 0.1) is 16.1 Å². The molecule has 0 saturated carbocycles. The van der Waals surface area contributed by atoms with E-state index in [4.69, 9.17) is 0 Å². The molecule has 0 spiro atoms. The second kappa shape index (κ2) is 8.54. The molecule has 2 aromatic carbocycles. The molecular weight excluding hydrogens is 370 g/mol. The molecule has 8 nitrogen and oxygen atoms in total. The monoisotopic (exact) mass is 391 g/mol. The summed E-state index contributed by atoms with van der Waals surface area (Å²) in [7, 11) is 3.98. The van der Waals surface area contributed by atoms with Crippen molar-refractivity contribution in [2.45, 2.75) is 6.42 Å². The molecule has 0 radical (unpaired) electrons. The predicted molar refractivity (Wildman–Crippen MR) is 113 cm³/mol. The molecule has 0 amide bonds. The molecule has 3 rings (SSSR count). The van der Waals surface area contributed by atoms with Gasteiger partial charge in [0, 0.05) is 29.8 Å². The van der Waals surface area contributed by atoms with Gasteiger partial charge in [-0.2, -0.15) is 5.26 Å². The van der Waals surface area contributed by atoms with Crippen molar-refractivity contribution >= 4 is 22.3 Å².